The van der Waals surface area contributed by atoms with Crippen LogP contribution >= 0.6 is 11.6 Å². The molecule has 0 atom stereocenters. The lowest BCUT2D eigenvalue weighted by Gasteiger charge is -2.09. The van der Waals surface area contributed by atoms with Crippen LogP contribution in [0.4, 0.5) is 5.69 Å². The van der Waals surface area contributed by atoms with Crippen molar-refractivity contribution >= 4 is 28.3 Å². The minimum atomic E-state index is 0.666. The third-order valence-electron chi connectivity index (χ3n) is 3.51. The number of anilines is 1. The highest BCUT2D eigenvalue weighted by molar-refractivity contribution is 6.30. The fraction of sp³-hybridized carbons (Fsp3) is 0.188. The number of benzene rings is 2. The highest BCUT2D eigenvalue weighted by Gasteiger charge is 2.04. The number of nitrogens with one attached hydrogen (secondary N) is 1. The number of hydrogen-bond acceptors (Lipinski definition) is 2. The second kappa shape index (κ2) is 5.17. The van der Waals surface area contributed by atoms with Crippen LogP contribution in [0.25, 0.3) is 11.0 Å². The molecule has 0 amide bonds. The molecule has 1 N–H and O–H groups in total. The maximum atomic E-state index is 5.98. The lowest BCUT2D eigenvalue weighted by molar-refractivity contribution is 0.800. The summed E-state index contributed by atoms with van der Waals surface area (Å²) >= 11 is 5.98. The number of halogens is 1. The van der Waals surface area contributed by atoms with Gasteiger partial charge in [-0.15, -0.1) is 0 Å². The molecule has 20 heavy (non-hydrogen) atoms. The molecule has 4 heteroatoms. The molecule has 3 aromatic rings. The van der Waals surface area contributed by atoms with E-state index in [2.05, 4.69) is 40.8 Å². The van der Waals surface area contributed by atoms with Crippen LogP contribution < -0.4 is 5.32 Å². The summed E-state index contributed by atoms with van der Waals surface area (Å²) < 4.78 is 2.10. The van der Waals surface area contributed by atoms with Crippen LogP contribution in [0.15, 0.2) is 42.7 Å². The van der Waals surface area contributed by atoms with Crippen molar-refractivity contribution in [3.05, 3.63) is 58.9 Å². The van der Waals surface area contributed by atoms with Crippen molar-refractivity contribution < 1.29 is 0 Å². The Hall–Kier alpha value is -2.00. The molecule has 0 fully saturated rings. The predicted molar refractivity (Wildman–Crippen MR) is 84.3 cm³/mol. The van der Waals surface area contributed by atoms with Gasteiger partial charge in [-0.25, -0.2) is 4.98 Å². The molecule has 0 saturated heterocycles. The molecule has 0 saturated carbocycles. The summed E-state index contributed by atoms with van der Waals surface area (Å²) in [6.07, 6.45) is 1.86. The monoisotopic (exact) mass is 285 g/mol. The van der Waals surface area contributed by atoms with Gasteiger partial charge in [-0.05, 0) is 55.3 Å². The van der Waals surface area contributed by atoms with Crippen LogP contribution in [0.3, 0.4) is 0 Å². The molecular weight excluding hydrogens is 270 g/mol. The van der Waals surface area contributed by atoms with Crippen LogP contribution in [0, 0.1) is 13.8 Å². The fourth-order valence-electron chi connectivity index (χ4n) is 2.21. The summed E-state index contributed by atoms with van der Waals surface area (Å²) in [6, 6.07) is 12.0. The summed E-state index contributed by atoms with van der Waals surface area (Å²) in [7, 11) is 0. The maximum Gasteiger partial charge on any atom is 0.0973 e. The van der Waals surface area contributed by atoms with Crippen LogP contribution in [0.1, 0.15) is 11.1 Å². The van der Waals surface area contributed by atoms with Crippen LogP contribution in [0.5, 0.6) is 0 Å². The molecule has 0 bridgehead atoms. The maximum absolute atomic E-state index is 5.98. The van der Waals surface area contributed by atoms with E-state index in [1.54, 1.807) is 0 Å². The largest absolute Gasteiger partial charge is 0.367 e. The molecular formula is C16H16ClN3. The fourth-order valence-corrected chi connectivity index (χ4v) is 2.40. The first kappa shape index (κ1) is 13.0. The minimum absolute atomic E-state index is 0.666. The van der Waals surface area contributed by atoms with E-state index in [0.29, 0.717) is 6.67 Å². The van der Waals surface area contributed by atoms with Crippen molar-refractivity contribution in [1.82, 2.24) is 9.55 Å². The van der Waals surface area contributed by atoms with Gasteiger partial charge in [-0.2, -0.15) is 0 Å². The standard InChI is InChI=1S/C16H16ClN3/c1-11-6-15-16(7-12(11)2)20(10-19-15)9-18-14-5-3-4-13(17)8-14/h3-8,10,18H,9H2,1-2H3. The van der Waals surface area contributed by atoms with Gasteiger partial charge in [0.1, 0.15) is 0 Å². The molecule has 2 aromatic carbocycles. The summed E-state index contributed by atoms with van der Waals surface area (Å²) in [6.45, 7) is 4.90. The third-order valence-corrected chi connectivity index (χ3v) is 3.75. The molecule has 0 radical (unpaired) electrons. The van der Waals surface area contributed by atoms with Crippen LogP contribution in [0.2, 0.25) is 5.02 Å². The van der Waals surface area contributed by atoms with E-state index in [0.717, 1.165) is 21.7 Å². The smallest absolute Gasteiger partial charge is 0.0973 e. The molecule has 102 valence electrons. The normalized spacial score (nSPS) is 10.9. The van der Waals surface area contributed by atoms with E-state index in [1.165, 1.54) is 11.1 Å². The van der Waals surface area contributed by atoms with Gasteiger partial charge < -0.3 is 9.88 Å². The van der Waals surface area contributed by atoms with E-state index in [1.807, 2.05) is 30.6 Å². The quantitative estimate of drug-likeness (QED) is 0.774. The Kier molecular flexibility index (Phi) is 3.36. The van der Waals surface area contributed by atoms with E-state index in [4.69, 9.17) is 11.6 Å². The SMILES string of the molecule is Cc1cc2ncn(CNc3cccc(Cl)c3)c2cc1C. The molecule has 3 rings (SSSR count). The predicted octanol–water partition coefficient (Wildman–Crippen LogP) is 4.38. The zero-order chi connectivity index (χ0) is 14.1. The zero-order valence-electron chi connectivity index (χ0n) is 11.5. The Bertz CT molecular complexity index is 762. The zero-order valence-corrected chi connectivity index (χ0v) is 12.3. The minimum Gasteiger partial charge on any atom is -0.367 e. The van der Waals surface area contributed by atoms with Gasteiger partial charge in [0, 0.05) is 10.7 Å². The Morgan fingerprint density at radius 3 is 2.75 bits per heavy atom. The van der Waals surface area contributed by atoms with Gasteiger partial charge in [0.05, 0.1) is 24.0 Å². The van der Waals surface area contributed by atoms with Crippen molar-refractivity contribution in [3.8, 4) is 0 Å². The van der Waals surface area contributed by atoms with Gasteiger partial charge in [-0.1, -0.05) is 17.7 Å². The Labute approximate surface area is 123 Å². The topological polar surface area (TPSA) is 29.9 Å². The average molecular weight is 286 g/mol. The lowest BCUT2D eigenvalue weighted by Crippen LogP contribution is -2.06. The van der Waals surface area contributed by atoms with Crippen molar-refractivity contribution in [2.75, 3.05) is 5.32 Å². The van der Waals surface area contributed by atoms with E-state index >= 15 is 0 Å². The van der Waals surface area contributed by atoms with Crippen molar-refractivity contribution in [2.45, 2.75) is 20.5 Å². The highest BCUT2D eigenvalue weighted by atomic mass is 35.5. The molecule has 0 aliphatic carbocycles. The Morgan fingerprint density at radius 1 is 1.15 bits per heavy atom. The Balaban J connectivity index is 1.86. The van der Waals surface area contributed by atoms with Crippen molar-refractivity contribution in [1.29, 1.82) is 0 Å². The summed E-state index contributed by atoms with van der Waals surface area (Å²) in [4.78, 5) is 4.45. The van der Waals surface area contributed by atoms with Crippen LogP contribution in [-0.2, 0) is 6.67 Å². The molecule has 0 spiro atoms. The second-order valence-electron chi connectivity index (χ2n) is 4.98. The molecule has 0 aliphatic rings. The number of hydrogen-bond donors (Lipinski definition) is 1. The molecule has 3 nitrogen and oxygen atoms in total. The Morgan fingerprint density at radius 2 is 1.95 bits per heavy atom. The van der Waals surface area contributed by atoms with Gasteiger partial charge in [0.15, 0.2) is 0 Å². The first-order valence-corrected chi connectivity index (χ1v) is 6.93. The number of fused-ring (bicyclic) bond motifs is 1. The van der Waals surface area contributed by atoms with Crippen LogP contribution in [-0.4, -0.2) is 9.55 Å². The molecule has 0 unspecified atom stereocenters. The van der Waals surface area contributed by atoms with Crippen molar-refractivity contribution in [2.24, 2.45) is 0 Å². The lowest BCUT2D eigenvalue weighted by atomic mass is 10.1. The highest BCUT2D eigenvalue weighted by Crippen LogP contribution is 2.19. The third kappa shape index (κ3) is 2.49. The summed E-state index contributed by atoms with van der Waals surface area (Å²) in [5.41, 5.74) is 5.72. The van der Waals surface area contributed by atoms with E-state index in [9.17, 15) is 0 Å². The average Bonchev–Trinajstić information content (AvgIpc) is 2.79. The number of aromatic nitrogens is 2. The molecule has 0 aliphatic heterocycles. The van der Waals surface area contributed by atoms with Gasteiger partial charge in [-0.3, -0.25) is 0 Å². The summed E-state index contributed by atoms with van der Waals surface area (Å²) in [5, 5.41) is 4.09. The van der Waals surface area contributed by atoms with Gasteiger partial charge >= 0.3 is 0 Å². The van der Waals surface area contributed by atoms with E-state index in [-0.39, 0.29) is 0 Å². The first-order valence-electron chi connectivity index (χ1n) is 6.55. The number of imidazole rings is 1. The van der Waals surface area contributed by atoms with Crippen molar-refractivity contribution in [3.63, 3.8) is 0 Å². The molecule has 1 heterocycles. The first-order chi connectivity index (χ1) is 9.63. The number of aryl methyl sites for hydroxylation is 2. The second-order valence-corrected chi connectivity index (χ2v) is 5.42. The molecule has 1 aromatic heterocycles. The number of nitrogens with zero attached hydrogens (tertiary/aromatic N) is 2. The summed E-state index contributed by atoms with van der Waals surface area (Å²) in [5.74, 6) is 0. The number of rotatable bonds is 3. The van der Waals surface area contributed by atoms with E-state index < -0.39 is 0 Å². The van der Waals surface area contributed by atoms with Gasteiger partial charge in [0.25, 0.3) is 0 Å². The van der Waals surface area contributed by atoms with Gasteiger partial charge in [0.2, 0.25) is 0 Å².